The maximum atomic E-state index is 6.82. The molecule has 0 aliphatic rings. The average Bonchev–Trinajstić information content (AvgIpc) is 3.71. The summed E-state index contributed by atoms with van der Waals surface area (Å²) in [5.41, 5.74) is 11.9. The fourth-order valence-electron chi connectivity index (χ4n) is 8.19. The van der Waals surface area contributed by atoms with E-state index in [2.05, 4.69) is 196 Å². The number of benzene rings is 4. The summed E-state index contributed by atoms with van der Waals surface area (Å²) >= 11 is 0. The Hall–Kier alpha value is -5.16. The second-order valence-electron chi connectivity index (χ2n) is 18.7. The maximum absolute atomic E-state index is 6.82. The third kappa shape index (κ3) is 7.41. The lowest BCUT2D eigenvalue weighted by Gasteiger charge is -2.32. The van der Waals surface area contributed by atoms with Crippen molar-refractivity contribution in [3.63, 3.8) is 0 Å². The van der Waals surface area contributed by atoms with Crippen molar-refractivity contribution in [2.45, 2.75) is 113 Å². The van der Waals surface area contributed by atoms with Gasteiger partial charge in [0.1, 0.15) is 17.3 Å². The molecule has 5 nitrogen and oxygen atoms in total. The minimum atomic E-state index is -0.0128. The van der Waals surface area contributed by atoms with E-state index in [1.54, 1.807) is 0 Å². The first-order chi connectivity index (χ1) is 26.4. The number of hydrogen-bond acceptors (Lipinski definition) is 3. The lowest BCUT2D eigenvalue weighted by molar-refractivity contribution is 0.228. The summed E-state index contributed by atoms with van der Waals surface area (Å²) < 4.78 is 11.3. The molecule has 3 heterocycles. The molecule has 290 valence electrons. The standard InChI is InChI=1S/C51H60N4O/c1-31(2)48-47(36-17-15-14-16-18-36)49(32(3)4)55(53-48)39-25-33(5)26-41(29-39)56-40-20-21-42-43-27-37(34(6)35(7)50(8,9)10)19-22-44(43)54(45(42)30-40)46-28-38(23-24-52-46)51(11,12)13/h14-32,34-35H,1-13H3. The third-order valence-electron chi connectivity index (χ3n) is 11.9. The number of pyridine rings is 1. The maximum Gasteiger partial charge on any atom is 0.137 e. The highest BCUT2D eigenvalue weighted by Gasteiger charge is 2.28. The first kappa shape index (κ1) is 39.1. The zero-order valence-electron chi connectivity index (χ0n) is 35.8. The minimum Gasteiger partial charge on any atom is -0.457 e. The molecule has 0 amide bonds. The lowest BCUT2D eigenvalue weighted by Crippen LogP contribution is -2.22. The molecule has 0 N–H and O–H groups in total. The molecular weight excluding hydrogens is 685 g/mol. The van der Waals surface area contributed by atoms with E-state index in [4.69, 9.17) is 14.8 Å². The van der Waals surface area contributed by atoms with Gasteiger partial charge in [-0.15, -0.1) is 0 Å². The van der Waals surface area contributed by atoms with Crippen molar-refractivity contribution in [3.05, 3.63) is 131 Å². The van der Waals surface area contributed by atoms with Crippen LogP contribution in [0.4, 0.5) is 0 Å². The second-order valence-corrected chi connectivity index (χ2v) is 18.7. The molecule has 5 heteroatoms. The van der Waals surface area contributed by atoms with Crippen molar-refractivity contribution in [1.82, 2.24) is 19.3 Å². The molecule has 0 saturated carbocycles. The summed E-state index contributed by atoms with van der Waals surface area (Å²) in [4.78, 5) is 4.96. The Morgan fingerprint density at radius 2 is 1.39 bits per heavy atom. The van der Waals surface area contributed by atoms with E-state index in [0.29, 0.717) is 11.8 Å². The lowest BCUT2D eigenvalue weighted by atomic mass is 9.72. The summed E-state index contributed by atoms with van der Waals surface area (Å²) in [5.74, 6) is 3.90. The number of rotatable bonds is 9. The molecule has 7 rings (SSSR count). The molecule has 2 unspecified atom stereocenters. The predicted octanol–water partition coefficient (Wildman–Crippen LogP) is 14.5. The number of nitrogens with zero attached hydrogens (tertiary/aromatic N) is 4. The van der Waals surface area contributed by atoms with Crippen LogP contribution in [0.3, 0.4) is 0 Å². The van der Waals surface area contributed by atoms with E-state index in [1.165, 1.54) is 38.7 Å². The van der Waals surface area contributed by atoms with Crippen molar-refractivity contribution >= 4 is 21.8 Å². The van der Waals surface area contributed by atoms with Gasteiger partial charge in [-0.1, -0.05) is 119 Å². The van der Waals surface area contributed by atoms with Crippen LogP contribution in [0.5, 0.6) is 11.5 Å². The van der Waals surface area contributed by atoms with E-state index in [9.17, 15) is 0 Å². The molecule has 0 aliphatic carbocycles. The largest absolute Gasteiger partial charge is 0.457 e. The van der Waals surface area contributed by atoms with E-state index in [1.807, 2.05) is 6.20 Å². The number of ether oxygens (including phenoxy) is 1. The first-order valence-corrected chi connectivity index (χ1v) is 20.5. The van der Waals surface area contributed by atoms with Crippen LogP contribution in [0.2, 0.25) is 0 Å². The highest BCUT2D eigenvalue weighted by atomic mass is 16.5. The van der Waals surface area contributed by atoms with Gasteiger partial charge in [-0.05, 0) is 112 Å². The zero-order chi connectivity index (χ0) is 40.3. The van der Waals surface area contributed by atoms with Gasteiger partial charge in [0.2, 0.25) is 0 Å². The molecule has 3 aromatic heterocycles. The van der Waals surface area contributed by atoms with E-state index in [-0.39, 0.29) is 22.7 Å². The van der Waals surface area contributed by atoms with Crippen molar-refractivity contribution in [2.75, 3.05) is 0 Å². The molecule has 0 spiro atoms. The van der Waals surface area contributed by atoms with Crippen molar-refractivity contribution in [1.29, 1.82) is 0 Å². The Morgan fingerprint density at radius 3 is 2.05 bits per heavy atom. The van der Waals surface area contributed by atoms with E-state index in [0.717, 1.165) is 45.3 Å². The summed E-state index contributed by atoms with van der Waals surface area (Å²) in [7, 11) is 0. The van der Waals surface area contributed by atoms with Crippen LogP contribution in [-0.2, 0) is 5.41 Å². The summed E-state index contributed by atoms with van der Waals surface area (Å²) in [6, 6.07) is 35.0. The molecular formula is C51H60N4O. The first-order valence-electron chi connectivity index (χ1n) is 20.5. The zero-order valence-corrected chi connectivity index (χ0v) is 35.8. The molecule has 0 radical (unpaired) electrons. The van der Waals surface area contributed by atoms with Crippen molar-refractivity contribution in [3.8, 4) is 34.1 Å². The van der Waals surface area contributed by atoms with E-state index >= 15 is 0 Å². The van der Waals surface area contributed by atoms with Crippen molar-refractivity contribution in [2.24, 2.45) is 11.3 Å². The van der Waals surface area contributed by atoms with Crippen LogP contribution < -0.4 is 4.74 Å². The Bertz CT molecular complexity index is 2520. The minimum absolute atomic E-state index is 0.0128. The van der Waals surface area contributed by atoms with Crippen LogP contribution in [-0.4, -0.2) is 19.3 Å². The van der Waals surface area contributed by atoms with Gasteiger partial charge in [-0.25, -0.2) is 9.67 Å². The number of hydrogen-bond donors (Lipinski definition) is 0. The van der Waals surface area contributed by atoms with Gasteiger partial charge in [0.25, 0.3) is 0 Å². The van der Waals surface area contributed by atoms with Gasteiger partial charge < -0.3 is 4.74 Å². The molecule has 0 aliphatic heterocycles. The average molecular weight is 745 g/mol. The Labute approximate surface area is 334 Å². The SMILES string of the molecule is Cc1cc(Oc2ccc3c4cc(C(C)C(C)C(C)(C)C)ccc4n(-c4cc(C(C)(C)C)ccn4)c3c2)cc(-n2nc(C(C)C)c(-c3ccccc3)c2C(C)C)c1. The van der Waals surface area contributed by atoms with Crippen LogP contribution in [0.15, 0.2) is 103 Å². The molecule has 0 fully saturated rings. The Balaban J connectivity index is 1.36. The Kier molecular flexibility index (Phi) is 10.3. The molecule has 2 atom stereocenters. The monoisotopic (exact) mass is 744 g/mol. The van der Waals surface area contributed by atoms with Gasteiger partial charge in [-0.3, -0.25) is 4.57 Å². The van der Waals surface area contributed by atoms with E-state index < -0.39 is 0 Å². The Morgan fingerprint density at radius 1 is 0.661 bits per heavy atom. The molecule has 7 aromatic rings. The summed E-state index contributed by atoms with van der Waals surface area (Å²) in [6.45, 7) is 29.6. The number of fused-ring (bicyclic) bond motifs is 3. The van der Waals surface area contributed by atoms with Crippen LogP contribution in [0.25, 0.3) is 44.4 Å². The van der Waals surface area contributed by atoms with Gasteiger partial charge in [0.05, 0.1) is 28.1 Å². The topological polar surface area (TPSA) is 44.9 Å². The van der Waals surface area contributed by atoms with Crippen LogP contribution in [0.1, 0.15) is 129 Å². The van der Waals surface area contributed by atoms with Gasteiger partial charge in [0.15, 0.2) is 0 Å². The summed E-state index contributed by atoms with van der Waals surface area (Å²) in [6.07, 6.45) is 1.94. The molecule has 4 aromatic carbocycles. The highest BCUT2D eigenvalue weighted by molar-refractivity contribution is 6.09. The molecule has 0 bridgehead atoms. The number of aromatic nitrogens is 4. The quantitative estimate of drug-likeness (QED) is 0.148. The van der Waals surface area contributed by atoms with Crippen LogP contribution in [0, 0.1) is 18.3 Å². The molecule has 56 heavy (non-hydrogen) atoms. The predicted molar refractivity (Wildman–Crippen MR) is 236 cm³/mol. The van der Waals surface area contributed by atoms with Crippen molar-refractivity contribution < 1.29 is 4.74 Å². The van der Waals surface area contributed by atoms with Gasteiger partial charge in [0, 0.05) is 34.7 Å². The fourth-order valence-corrected chi connectivity index (χ4v) is 8.19. The molecule has 0 saturated heterocycles. The normalized spacial score (nSPS) is 13.6. The van der Waals surface area contributed by atoms with Crippen LogP contribution >= 0.6 is 0 Å². The highest BCUT2D eigenvalue weighted by Crippen LogP contribution is 2.42. The van der Waals surface area contributed by atoms with Gasteiger partial charge >= 0.3 is 0 Å². The fraction of sp³-hybridized carbons (Fsp3) is 0.373. The second kappa shape index (κ2) is 14.7. The summed E-state index contributed by atoms with van der Waals surface area (Å²) in [5, 5.41) is 7.71. The third-order valence-corrected chi connectivity index (χ3v) is 11.9. The smallest absolute Gasteiger partial charge is 0.137 e. The van der Waals surface area contributed by atoms with Gasteiger partial charge in [-0.2, -0.15) is 5.10 Å². The number of aryl methyl sites for hydroxylation is 1.